The molecule has 0 aliphatic carbocycles. The molecule has 0 amide bonds. The lowest BCUT2D eigenvalue weighted by Crippen LogP contribution is -2.15. The summed E-state index contributed by atoms with van der Waals surface area (Å²) >= 11 is 1.72. The first-order valence-electron chi connectivity index (χ1n) is 7.30. The summed E-state index contributed by atoms with van der Waals surface area (Å²) in [4.78, 5) is 5.71. The molecular weight excluding hydrogens is 282 g/mol. The first-order chi connectivity index (χ1) is 10.1. The Morgan fingerprint density at radius 3 is 2.81 bits per heavy atom. The fourth-order valence-corrected chi connectivity index (χ4v) is 3.07. The number of hydrogen-bond donors (Lipinski definition) is 1. The third kappa shape index (κ3) is 4.86. The minimum atomic E-state index is 0.162. The Bertz CT molecular complexity index is 568. The molecule has 2 N–H and O–H groups in total. The Morgan fingerprint density at radius 1 is 1.33 bits per heavy atom. The largest absolute Gasteiger partial charge is 0.339 e. The van der Waals surface area contributed by atoms with Crippen molar-refractivity contribution in [1.82, 2.24) is 10.1 Å². The van der Waals surface area contributed by atoms with E-state index in [1.165, 1.54) is 10.5 Å². The molecule has 5 heteroatoms. The lowest BCUT2D eigenvalue weighted by atomic mass is 9.97. The highest BCUT2D eigenvalue weighted by Gasteiger charge is 2.18. The van der Waals surface area contributed by atoms with Crippen molar-refractivity contribution in [1.29, 1.82) is 0 Å². The lowest BCUT2D eigenvalue weighted by Gasteiger charge is -2.11. The first-order valence-corrected chi connectivity index (χ1v) is 8.29. The Labute approximate surface area is 130 Å². The molecule has 0 spiro atoms. The zero-order valence-corrected chi connectivity index (χ0v) is 13.7. The molecule has 0 fully saturated rings. The average molecular weight is 305 g/mol. The van der Waals surface area contributed by atoms with Gasteiger partial charge in [-0.1, -0.05) is 36.7 Å². The number of rotatable bonds is 7. The van der Waals surface area contributed by atoms with E-state index in [1.54, 1.807) is 11.8 Å². The van der Waals surface area contributed by atoms with Crippen LogP contribution in [0.2, 0.25) is 0 Å². The van der Waals surface area contributed by atoms with Crippen LogP contribution in [0.25, 0.3) is 0 Å². The number of nitrogens with zero attached hydrogens (tertiary/aromatic N) is 2. The van der Waals surface area contributed by atoms with E-state index in [9.17, 15) is 0 Å². The predicted octanol–water partition coefficient (Wildman–Crippen LogP) is 3.76. The summed E-state index contributed by atoms with van der Waals surface area (Å²) in [6.45, 7) is 6.99. The highest BCUT2D eigenvalue weighted by molar-refractivity contribution is 7.98. The Balaban J connectivity index is 1.96. The van der Waals surface area contributed by atoms with Gasteiger partial charge in [-0.3, -0.25) is 0 Å². The van der Waals surface area contributed by atoms with Gasteiger partial charge in [-0.05, 0) is 31.4 Å². The second kappa shape index (κ2) is 7.61. The van der Waals surface area contributed by atoms with Crippen LogP contribution >= 0.6 is 11.8 Å². The average Bonchev–Trinajstić information content (AvgIpc) is 2.91. The van der Waals surface area contributed by atoms with Crippen molar-refractivity contribution in [2.45, 2.75) is 43.8 Å². The molecule has 0 aliphatic heterocycles. The number of aromatic nitrogens is 2. The Kier molecular flexibility index (Phi) is 5.82. The maximum atomic E-state index is 5.81. The molecule has 114 valence electrons. The van der Waals surface area contributed by atoms with Crippen molar-refractivity contribution in [3.8, 4) is 0 Å². The fraction of sp³-hybridized carbons (Fsp3) is 0.500. The lowest BCUT2D eigenvalue weighted by molar-refractivity contribution is 0.332. The van der Waals surface area contributed by atoms with Gasteiger partial charge in [-0.25, -0.2) is 0 Å². The van der Waals surface area contributed by atoms with Crippen LogP contribution in [0.5, 0.6) is 0 Å². The summed E-state index contributed by atoms with van der Waals surface area (Å²) < 4.78 is 5.38. The molecule has 0 saturated carbocycles. The maximum Gasteiger partial charge on any atom is 0.231 e. The standard InChI is InChI=1S/C16H23N3OS/c1-11(2)7-13(9-17)16-18-15(19-20-16)10-21-14-6-4-5-12(3)8-14/h4-6,8,11,13H,7,9-10,17H2,1-3H3. The minimum absolute atomic E-state index is 0.162. The smallest absolute Gasteiger partial charge is 0.231 e. The molecule has 4 nitrogen and oxygen atoms in total. The summed E-state index contributed by atoms with van der Waals surface area (Å²) in [6.07, 6.45) is 0.975. The summed E-state index contributed by atoms with van der Waals surface area (Å²) in [7, 11) is 0. The molecule has 0 bridgehead atoms. The van der Waals surface area contributed by atoms with Crippen LogP contribution in [-0.2, 0) is 5.75 Å². The van der Waals surface area contributed by atoms with E-state index in [1.807, 2.05) is 0 Å². The summed E-state index contributed by atoms with van der Waals surface area (Å²) in [5.74, 6) is 2.85. The van der Waals surface area contributed by atoms with Gasteiger partial charge in [0.2, 0.25) is 5.89 Å². The van der Waals surface area contributed by atoms with Crippen LogP contribution < -0.4 is 5.73 Å². The minimum Gasteiger partial charge on any atom is -0.339 e. The van der Waals surface area contributed by atoms with Gasteiger partial charge in [0, 0.05) is 11.4 Å². The van der Waals surface area contributed by atoms with Gasteiger partial charge < -0.3 is 10.3 Å². The highest BCUT2D eigenvalue weighted by Crippen LogP contribution is 2.25. The van der Waals surface area contributed by atoms with Crippen LogP contribution in [0.15, 0.2) is 33.7 Å². The van der Waals surface area contributed by atoms with E-state index in [4.69, 9.17) is 10.3 Å². The number of aryl methyl sites for hydroxylation is 1. The van der Waals surface area contributed by atoms with Crippen LogP contribution in [0, 0.1) is 12.8 Å². The fourth-order valence-electron chi connectivity index (χ4n) is 2.21. The Hall–Kier alpha value is -1.33. The molecule has 2 rings (SSSR count). The van der Waals surface area contributed by atoms with Gasteiger partial charge >= 0.3 is 0 Å². The third-order valence-corrected chi connectivity index (χ3v) is 4.22. The van der Waals surface area contributed by atoms with Gasteiger partial charge in [0.05, 0.1) is 11.7 Å². The van der Waals surface area contributed by atoms with E-state index in [-0.39, 0.29) is 5.92 Å². The SMILES string of the molecule is Cc1cccc(SCc2noc(C(CN)CC(C)C)n2)c1. The van der Waals surface area contributed by atoms with Crippen molar-refractivity contribution >= 4 is 11.8 Å². The van der Waals surface area contributed by atoms with E-state index >= 15 is 0 Å². The van der Waals surface area contributed by atoms with E-state index in [2.05, 4.69) is 55.2 Å². The number of nitrogens with two attached hydrogens (primary N) is 1. The summed E-state index contributed by atoms with van der Waals surface area (Å²) in [6, 6.07) is 8.41. The zero-order chi connectivity index (χ0) is 15.2. The van der Waals surface area contributed by atoms with Crippen LogP contribution in [-0.4, -0.2) is 16.7 Å². The first kappa shape index (κ1) is 16.0. The van der Waals surface area contributed by atoms with E-state index < -0.39 is 0 Å². The van der Waals surface area contributed by atoms with Gasteiger partial charge in [-0.2, -0.15) is 4.98 Å². The second-order valence-corrected chi connectivity index (χ2v) is 6.76. The van der Waals surface area contributed by atoms with Crippen molar-refractivity contribution in [2.75, 3.05) is 6.54 Å². The topological polar surface area (TPSA) is 64.9 Å². The molecule has 2 aromatic rings. The molecule has 0 aliphatic rings. The van der Waals surface area contributed by atoms with Crippen molar-refractivity contribution in [3.63, 3.8) is 0 Å². The van der Waals surface area contributed by atoms with Gasteiger partial charge in [0.25, 0.3) is 0 Å². The normalized spacial score (nSPS) is 12.8. The zero-order valence-electron chi connectivity index (χ0n) is 12.9. The van der Waals surface area contributed by atoms with Crippen molar-refractivity contribution < 1.29 is 4.52 Å². The molecule has 1 unspecified atom stereocenters. The molecule has 1 heterocycles. The summed E-state index contributed by atoms with van der Waals surface area (Å²) in [5, 5.41) is 4.07. The molecule has 1 aromatic carbocycles. The van der Waals surface area contributed by atoms with Gasteiger partial charge in [0.1, 0.15) is 0 Å². The van der Waals surface area contributed by atoms with Crippen molar-refractivity contribution in [2.24, 2.45) is 11.7 Å². The molecule has 1 atom stereocenters. The summed E-state index contributed by atoms with van der Waals surface area (Å²) in [5.41, 5.74) is 7.07. The van der Waals surface area contributed by atoms with Crippen molar-refractivity contribution in [3.05, 3.63) is 41.5 Å². The van der Waals surface area contributed by atoms with Gasteiger partial charge in [-0.15, -0.1) is 11.8 Å². The van der Waals surface area contributed by atoms with Crippen LogP contribution in [0.4, 0.5) is 0 Å². The van der Waals surface area contributed by atoms with E-state index in [0.717, 1.165) is 12.2 Å². The number of hydrogen-bond acceptors (Lipinski definition) is 5. The van der Waals surface area contributed by atoms with E-state index in [0.29, 0.717) is 24.1 Å². The molecule has 1 aromatic heterocycles. The monoisotopic (exact) mass is 305 g/mol. The highest BCUT2D eigenvalue weighted by atomic mass is 32.2. The molecule has 21 heavy (non-hydrogen) atoms. The molecular formula is C16H23N3OS. The van der Waals surface area contributed by atoms with Gasteiger partial charge in [0.15, 0.2) is 5.82 Å². The molecule has 0 saturated heterocycles. The second-order valence-electron chi connectivity index (χ2n) is 5.72. The Morgan fingerprint density at radius 2 is 2.14 bits per heavy atom. The molecule has 0 radical (unpaired) electrons. The number of benzene rings is 1. The van der Waals surface area contributed by atoms with Crippen LogP contribution in [0.1, 0.15) is 43.5 Å². The quantitative estimate of drug-likeness (QED) is 0.789. The van der Waals surface area contributed by atoms with Crippen LogP contribution in [0.3, 0.4) is 0 Å². The third-order valence-electron chi connectivity index (χ3n) is 3.23. The number of thioether (sulfide) groups is 1. The maximum absolute atomic E-state index is 5.81. The predicted molar refractivity (Wildman–Crippen MR) is 86.3 cm³/mol.